The van der Waals surface area contributed by atoms with Crippen LogP contribution in [0.25, 0.3) is 0 Å². The first-order valence-electron chi connectivity index (χ1n) is 4.84. The molecule has 17 heavy (non-hydrogen) atoms. The molecule has 1 saturated carbocycles. The number of ether oxygens (including phenoxy) is 1. The van der Waals surface area contributed by atoms with E-state index in [-0.39, 0.29) is 20.2 Å². The van der Waals surface area contributed by atoms with Crippen molar-refractivity contribution in [2.75, 3.05) is 7.11 Å². The lowest BCUT2D eigenvalue weighted by Gasteiger charge is -2.04. The van der Waals surface area contributed by atoms with Crippen molar-refractivity contribution in [3.05, 3.63) is 15.3 Å². The van der Waals surface area contributed by atoms with Crippen molar-refractivity contribution in [3.8, 4) is 0 Å². The van der Waals surface area contributed by atoms with E-state index in [1.165, 1.54) is 13.2 Å². The van der Waals surface area contributed by atoms with E-state index in [9.17, 15) is 13.2 Å². The minimum atomic E-state index is -3.69. The molecule has 0 aliphatic heterocycles. The average Bonchev–Trinajstić information content (AvgIpc) is 2.96. The van der Waals surface area contributed by atoms with Gasteiger partial charge in [0.05, 0.1) is 11.4 Å². The Morgan fingerprint density at radius 1 is 1.59 bits per heavy atom. The molecule has 1 fully saturated rings. The summed E-state index contributed by atoms with van der Waals surface area (Å²) in [5.41, 5.74) is 0. The monoisotopic (exact) mass is 295 g/mol. The van der Waals surface area contributed by atoms with Crippen LogP contribution in [0.2, 0.25) is 4.34 Å². The van der Waals surface area contributed by atoms with Gasteiger partial charge >= 0.3 is 5.97 Å². The van der Waals surface area contributed by atoms with Gasteiger partial charge in [-0.1, -0.05) is 11.6 Å². The van der Waals surface area contributed by atoms with Crippen LogP contribution in [0.4, 0.5) is 0 Å². The number of hydrogen-bond donors (Lipinski definition) is 1. The minimum absolute atomic E-state index is 0.00523. The summed E-state index contributed by atoms with van der Waals surface area (Å²) in [4.78, 5) is 11.3. The molecule has 1 aromatic heterocycles. The molecule has 0 aromatic carbocycles. The van der Waals surface area contributed by atoms with Crippen LogP contribution in [-0.4, -0.2) is 27.5 Å². The maximum atomic E-state index is 12.0. The van der Waals surface area contributed by atoms with E-state index in [4.69, 9.17) is 11.6 Å². The molecular formula is C9H10ClNO4S2. The Morgan fingerprint density at radius 3 is 2.76 bits per heavy atom. The van der Waals surface area contributed by atoms with Crippen LogP contribution < -0.4 is 4.72 Å². The highest BCUT2D eigenvalue weighted by Gasteiger charge is 2.32. The first-order chi connectivity index (χ1) is 7.94. The van der Waals surface area contributed by atoms with Crippen molar-refractivity contribution in [1.82, 2.24) is 4.72 Å². The standard InChI is InChI=1S/C9H10ClNO4S2/c1-15-9(12)8-6(4-7(10)16-8)17(13,14)11-5-2-3-5/h4-5,11H,2-3H2,1H3. The number of nitrogens with one attached hydrogen (secondary N) is 1. The summed E-state index contributed by atoms with van der Waals surface area (Å²) in [5.74, 6) is -0.696. The molecule has 0 radical (unpaired) electrons. The largest absolute Gasteiger partial charge is 0.465 e. The Balaban J connectivity index is 2.39. The van der Waals surface area contributed by atoms with Gasteiger partial charge in [-0.2, -0.15) is 0 Å². The number of hydrogen-bond acceptors (Lipinski definition) is 5. The van der Waals surface area contributed by atoms with E-state index in [1.54, 1.807) is 0 Å². The fourth-order valence-electron chi connectivity index (χ4n) is 1.26. The minimum Gasteiger partial charge on any atom is -0.465 e. The number of carbonyl (C=O) groups excluding carboxylic acids is 1. The number of esters is 1. The molecule has 0 saturated heterocycles. The predicted molar refractivity (Wildman–Crippen MR) is 64.0 cm³/mol. The molecule has 0 amide bonds. The second-order valence-electron chi connectivity index (χ2n) is 3.63. The normalized spacial score (nSPS) is 15.9. The molecule has 2 rings (SSSR count). The Morgan fingerprint density at radius 2 is 2.24 bits per heavy atom. The van der Waals surface area contributed by atoms with E-state index in [1.807, 2.05) is 0 Å². The fraction of sp³-hybridized carbons (Fsp3) is 0.444. The lowest BCUT2D eigenvalue weighted by atomic mass is 10.5. The molecule has 0 spiro atoms. The highest BCUT2D eigenvalue weighted by atomic mass is 35.5. The number of rotatable bonds is 4. The quantitative estimate of drug-likeness (QED) is 0.857. The van der Waals surface area contributed by atoms with Crippen molar-refractivity contribution in [3.63, 3.8) is 0 Å². The zero-order chi connectivity index (χ0) is 12.6. The molecule has 8 heteroatoms. The van der Waals surface area contributed by atoms with E-state index < -0.39 is 16.0 Å². The first kappa shape index (κ1) is 12.8. The third kappa shape index (κ3) is 2.79. The average molecular weight is 296 g/mol. The van der Waals surface area contributed by atoms with E-state index in [0.29, 0.717) is 0 Å². The molecule has 0 atom stereocenters. The van der Waals surface area contributed by atoms with Crippen molar-refractivity contribution in [1.29, 1.82) is 0 Å². The topological polar surface area (TPSA) is 72.5 Å². The molecule has 94 valence electrons. The first-order valence-corrected chi connectivity index (χ1v) is 7.52. The van der Waals surface area contributed by atoms with Crippen LogP contribution in [0.15, 0.2) is 11.0 Å². The lowest BCUT2D eigenvalue weighted by molar-refractivity contribution is 0.0602. The molecule has 0 bridgehead atoms. The van der Waals surface area contributed by atoms with Crippen LogP contribution in [0, 0.1) is 0 Å². The van der Waals surface area contributed by atoms with Crippen LogP contribution >= 0.6 is 22.9 Å². The number of sulfonamides is 1. The summed E-state index contributed by atoms with van der Waals surface area (Å²) in [6.07, 6.45) is 1.65. The fourth-order valence-corrected chi connectivity index (χ4v) is 4.30. The van der Waals surface area contributed by atoms with Gasteiger partial charge in [0, 0.05) is 6.04 Å². The van der Waals surface area contributed by atoms with Gasteiger partial charge < -0.3 is 4.74 Å². The molecule has 1 aliphatic rings. The SMILES string of the molecule is COC(=O)c1sc(Cl)cc1S(=O)(=O)NC1CC1. The summed E-state index contributed by atoms with van der Waals surface area (Å²) in [6, 6.07) is 1.24. The highest BCUT2D eigenvalue weighted by Crippen LogP contribution is 2.32. The summed E-state index contributed by atoms with van der Waals surface area (Å²) in [5, 5.41) is 0. The Hall–Kier alpha value is -0.630. The van der Waals surface area contributed by atoms with Gasteiger partial charge in [-0.05, 0) is 18.9 Å². The number of thiophene rings is 1. The molecule has 1 aromatic rings. The number of methoxy groups -OCH3 is 1. The van der Waals surface area contributed by atoms with Crippen LogP contribution in [0.3, 0.4) is 0 Å². The highest BCUT2D eigenvalue weighted by molar-refractivity contribution is 7.89. The zero-order valence-corrected chi connectivity index (χ0v) is 11.3. The second-order valence-corrected chi connectivity index (χ2v) is 7.00. The van der Waals surface area contributed by atoms with E-state index in [2.05, 4.69) is 9.46 Å². The summed E-state index contributed by atoms with van der Waals surface area (Å²) in [6.45, 7) is 0. The van der Waals surface area contributed by atoms with E-state index >= 15 is 0 Å². The molecule has 1 heterocycles. The molecule has 5 nitrogen and oxygen atoms in total. The Labute approximate surface area is 108 Å². The van der Waals surface area contributed by atoms with Crippen LogP contribution in [0.5, 0.6) is 0 Å². The van der Waals surface area contributed by atoms with Crippen LogP contribution in [0.1, 0.15) is 22.5 Å². The zero-order valence-electron chi connectivity index (χ0n) is 8.90. The van der Waals surface area contributed by atoms with Gasteiger partial charge in [0.2, 0.25) is 10.0 Å². The van der Waals surface area contributed by atoms with Gasteiger partial charge in [0.15, 0.2) is 0 Å². The van der Waals surface area contributed by atoms with Gasteiger partial charge in [-0.25, -0.2) is 17.9 Å². The molecule has 1 aliphatic carbocycles. The molecule has 0 unspecified atom stereocenters. The van der Waals surface area contributed by atoms with Crippen molar-refractivity contribution in [2.24, 2.45) is 0 Å². The third-order valence-corrected chi connectivity index (χ3v) is 5.15. The second kappa shape index (κ2) is 4.56. The lowest BCUT2D eigenvalue weighted by Crippen LogP contribution is -2.26. The predicted octanol–water partition coefficient (Wildman–Crippen LogP) is 1.63. The summed E-state index contributed by atoms with van der Waals surface area (Å²) in [7, 11) is -2.49. The van der Waals surface area contributed by atoms with Crippen molar-refractivity contribution >= 4 is 38.9 Å². The Bertz CT molecular complexity index is 547. The smallest absolute Gasteiger partial charge is 0.349 e. The maximum Gasteiger partial charge on any atom is 0.349 e. The third-order valence-electron chi connectivity index (χ3n) is 2.23. The van der Waals surface area contributed by atoms with Crippen molar-refractivity contribution in [2.45, 2.75) is 23.8 Å². The number of halogens is 1. The molecular weight excluding hydrogens is 286 g/mol. The van der Waals surface area contributed by atoms with E-state index in [0.717, 1.165) is 24.2 Å². The van der Waals surface area contributed by atoms with Gasteiger partial charge in [0.25, 0.3) is 0 Å². The Kier molecular flexibility index (Phi) is 3.44. The van der Waals surface area contributed by atoms with Crippen molar-refractivity contribution < 1.29 is 17.9 Å². The van der Waals surface area contributed by atoms with Crippen LogP contribution in [-0.2, 0) is 14.8 Å². The van der Waals surface area contributed by atoms with Gasteiger partial charge in [-0.15, -0.1) is 11.3 Å². The summed E-state index contributed by atoms with van der Waals surface area (Å²) < 4.78 is 31.2. The number of carbonyl (C=O) groups is 1. The maximum absolute atomic E-state index is 12.0. The van der Waals surface area contributed by atoms with Gasteiger partial charge in [0.1, 0.15) is 9.77 Å². The summed E-state index contributed by atoms with van der Waals surface area (Å²) >= 11 is 6.64. The molecule has 1 N–H and O–H groups in total. The van der Waals surface area contributed by atoms with Gasteiger partial charge in [-0.3, -0.25) is 0 Å².